The number of methoxy groups -OCH3 is 1. The molecule has 0 spiro atoms. The SMILES string of the molecule is COc1cccc(-c2c(C#N)cn3c2-c2ccccc2CC3)c1. The van der Waals surface area contributed by atoms with E-state index in [1.165, 1.54) is 11.1 Å². The van der Waals surface area contributed by atoms with Crippen LogP contribution < -0.4 is 4.74 Å². The smallest absolute Gasteiger partial charge is 0.119 e. The van der Waals surface area contributed by atoms with Crippen LogP contribution in [0.2, 0.25) is 0 Å². The van der Waals surface area contributed by atoms with E-state index in [1.54, 1.807) is 7.11 Å². The van der Waals surface area contributed by atoms with Crippen LogP contribution in [0.4, 0.5) is 0 Å². The number of aromatic nitrogens is 1. The monoisotopic (exact) mass is 300 g/mol. The molecule has 3 nitrogen and oxygen atoms in total. The van der Waals surface area contributed by atoms with Crippen LogP contribution in [-0.4, -0.2) is 11.7 Å². The second kappa shape index (κ2) is 5.33. The lowest BCUT2D eigenvalue weighted by molar-refractivity contribution is 0.415. The third-order valence-electron chi connectivity index (χ3n) is 4.45. The molecule has 2 heterocycles. The molecule has 2 aromatic carbocycles. The van der Waals surface area contributed by atoms with Crippen molar-refractivity contribution in [1.82, 2.24) is 4.57 Å². The summed E-state index contributed by atoms with van der Waals surface area (Å²) >= 11 is 0. The van der Waals surface area contributed by atoms with Gasteiger partial charge in [-0.25, -0.2) is 0 Å². The van der Waals surface area contributed by atoms with E-state index in [4.69, 9.17) is 4.74 Å². The van der Waals surface area contributed by atoms with Gasteiger partial charge >= 0.3 is 0 Å². The van der Waals surface area contributed by atoms with Crippen LogP contribution in [0.3, 0.4) is 0 Å². The normalized spacial score (nSPS) is 12.2. The molecule has 0 N–H and O–H groups in total. The van der Waals surface area contributed by atoms with Crippen molar-refractivity contribution >= 4 is 0 Å². The predicted octanol–water partition coefficient (Wildman–Crippen LogP) is 4.26. The molecule has 0 unspecified atom stereocenters. The van der Waals surface area contributed by atoms with Crippen LogP contribution in [0.5, 0.6) is 5.75 Å². The molecule has 3 heteroatoms. The highest BCUT2D eigenvalue weighted by Gasteiger charge is 2.23. The summed E-state index contributed by atoms with van der Waals surface area (Å²) in [7, 11) is 1.66. The van der Waals surface area contributed by atoms with Crippen molar-refractivity contribution in [3.05, 3.63) is 65.9 Å². The van der Waals surface area contributed by atoms with E-state index >= 15 is 0 Å². The first kappa shape index (κ1) is 13.7. The van der Waals surface area contributed by atoms with Crippen LogP contribution in [0.15, 0.2) is 54.7 Å². The molecule has 0 saturated heterocycles. The van der Waals surface area contributed by atoms with Crippen molar-refractivity contribution in [2.75, 3.05) is 7.11 Å². The first-order chi connectivity index (χ1) is 11.3. The topological polar surface area (TPSA) is 37.9 Å². The highest BCUT2D eigenvalue weighted by atomic mass is 16.5. The van der Waals surface area contributed by atoms with Gasteiger partial charge in [-0.2, -0.15) is 5.26 Å². The Bertz CT molecular complexity index is 931. The lowest BCUT2D eigenvalue weighted by atomic mass is 9.92. The summed E-state index contributed by atoms with van der Waals surface area (Å²) in [6.07, 6.45) is 2.97. The molecule has 4 rings (SSSR count). The second-order valence-electron chi connectivity index (χ2n) is 5.71. The summed E-state index contributed by atoms with van der Waals surface area (Å²) in [5.74, 6) is 0.801. The summed E-state index contributed by atoms with van der Waals surface area (Å²) in [6.45, 7) is 0.908. The molecule has 0 radical (unpaired) electrons. The molecule has 112 valence electrons. The van der Waals surface area contributed by atoms with Crippen LogP contribution in [0.25, 0.3) is 22.4 Å². The zero-order chi connectivity index (χ0) is 15.8. The average molecular weight is 300 g/mol. The Morgan fingerprint density at radius 2 is 2.00 bits per heavy atom. The number of nitrogens with zero attached hydrogens (tertiary/aromatic N) is 2. The Kier molecular flexibility index (Phi) is 3.17. The number of hydrogen-bond acceptors (Lipinski definition) is 2. The summed E-state index contributed by atoms with van der Waals surface area (Å²) < 4.78 is 7.55. The first-order valence-electron chi connectivity index (χ1n) is 7.67. The van der Waals surface area contributed by atoms with E-state index < -0.39 is 0 Å². The van der Waals surface area contributed by atoms with Gasteiger partial charge in [0.05, 0.1) is 18.4 Å². The molecular formula is C20H16N2O. The Hall–Kier alpha value is -2.99. The van der Waals surface area contributed by atoms with Crippen LogP contribution in [-0.2, 0) is 13.0 Å². The maximum absolute atomic E-state index is 9.61. The van der Waals surface area contributed by atoms with E-state index in [1.807, 2.05) is 30.5 Å². The van der Waals surface area contributed by atoms with E-state index in [0.29, 0.717) is 5.56 Å². The van der Waals surface area contributed by atoms with Gasteiger partial charge in [0.1, 0.15) is 11.8 Å². The van der Waals surface area contributed by atoms with E-state index in [-0.39, 0.29) is 0 Å². The number of nitriles is 1. The Morgan fingerprint density at radius 1 is 1.13 bits per heavy atom. The van der Waals surface area contributed by atoms with Gasteiger partial charge in [0.2, 0.25) is 0 Å². The van der Waals surface area contributed by atoms with E-state index in [2.05, 4.69) is 34.9 Å². The lowest BCUT2D eigenvalue weighted by Gasteiger charge is -2.20. The molecular weight excluding hydrogens is 284 g/mol. The number of fused-ring (bicyclic) bond motifs is 3. The van der Waals surface area contributed by atoms with Gasteiger partial charge < -0.3 is 9.30 Å². The number of ether oxygens (including phenoxy) is 1. The number of hydrogen-bond donors (Lipinski definition) is 0. The van der Waals surface area contributed by atoms with Crippen molar-refractivity contribution in [2.45, 2.75) is 13.0 Å². The molecule has 1 aromatic heterocycles. The second-order valence-corrected chi connectivity index (χ2v) is 5.71. The minimum Gasteiger partial charge on any atom is -0.497 e. The number of rotatable bonds is 2. The quantitative estimate of drug-likeness (QED) is 0.709. The Morgan fingerprint density at radius 3 is 2.83 bits per heavy atom. The summed E-state index contributed by atoms with van der Waals surface area (Å²) in [5.41, 5.74) is 6.43. The third-order valence-corrected chi connectivity index (χ3v) is 4.45. The molecule has 0 saturated carbocycles. The summed E-state index contributed by atoms with van der Waals surface area (Å²) in [4.78, 5) is 0. The Balaban J connectivity index is 2.01. The fourth-order valence-corrected chi connectivity index (χ4v) is 3.39. The number of benzene rings is 2. The highest BCUT2D eigenvalue weighted by molar-refractivity contribution is 5.88. The standard InChI is InChI=1S/C20H16N2O/c1-23-17-7-4-6-15(11-17)19-16(12-21)13-22-10-9-14-5-2-3-8-18(14)20(19)22/h2-8,11,13H,9-10H2,1H3. The molecule has 1 aliphatic rings. The lowest BCUT2D eigenvalue weighted by Crippen LogP contribution is -2.09. The zero-order valence-corrected chi connectivity index (χ0v) is 12.9. The predicted molar refractivity (Wildman–Crippen MR) is 90.3 cm³/mol. The fraction of sp³-hybridized carbons (Fsp3) is 0.150. The van der Waals surface area contributed by atoms with Gasteiger partial charge in [-0.1, -0.05) is 36.4 Å². The highest BCUT2D eigenvalue weighted by Crippen LogP contribution is 2.41. The molecule has 0 amide bonds. The van der Waals surface area contributed by atoms with Gasteiger partial charge in [0, 0.05) is 23.9 Å². The van der Waals surface area contributed by atoms with Crippen LogP contribution in [0.1, 0.15) is 11.1 Å². The minimum atomic E-state index is 0.713. The van der Waals surface area contributed by atoms with Crippen molar-refractivity contribution in [3.8, 4) is 34.2 Å². The maximum atomic E-state index is 9.61. The van der Waals surface area contributed by atoms with Gasteiger partial charge in [-0.15, -0.1) is 0 Å². The third kappa shape index (κ3) is 2.11. The van der Waals surface area contributed by atoms with E-state index in [9.17, 15) is 5.26 Å². The minimum absolute atomic E-state index is 0.713. The molecule has 3 aromatic rings. The van der Waals surface area contributed by atoms with Gasteiger partial charge in [-0.3, -0.25) is 0 Å². The first-order valence-corrected chi connectivity index (χ1v) is 7.67. The molecule has 0 fully saturated rings. The van der Waals surface area contributed by atoms with E-state index in [0.717, 1.165) is 35.5 Å². The molecule has 0 aliphatic carbocycles. The molecule has 1 aliphatic heterocycles. The maximum Gasteiger partial charge on any atom is 0.119 e. The van der Waals surface area contributed by atoms with Gasteiger partial charge in [0.25, 0.3) is 0 Å². The molecule has 0 bridgehead atoms. The van der Waals surface area contributed by atoms with Crippen molar-refractivity contribution in [3.63, 3.8) is 0 Å². The van der Waals surface area contributed by atoms with Crippen molar-refractivity contribution in [1.29, 1.82) is 5.26 Å². The van der Waals surface area contributed by atoms with Gasteiger partial charge in [-0.05, 0) is 29.7 Å². The van der Waals surface area contributed by atoms with Crippen LogP contribution in [0, 0.1) is 11.3 Å². The summed E-state index contributed by atoms with van der Waals surface area (Å²) in [6, 6.07) is 18.7. The average Bonchev–Trinajstić information content (AvgIpc) is 3.01. The van der Waals surface area contributed by atoms with Crippen molar-refractivity contribution < 1.29 is 4.74 Å². The zero-order valence-electron chi connectivity index (χ0n) is 12.9. The van der Waals surface area contributed by atoms with Crippen LogP contribution >= 0.6 is 0 Å². The fourth-order valence-electron chi connectivity index (χ4n) is 3.39. The van der Waals surface area contributed by atoms with Gasteiger partial charge in [0.15, 0.2) is 0 Å². The number of aryl methyl sites for hydroxylation is 2. The molecule has 23 heavy (non-hydrogen) atoms. The molecule has 0 atom stereocenters. The van der Waals surface area contributed by atoms with Crippen molar-refractivity contribution in [2.24, 2.45) is 0 Å². The Labute approximate surface area is 135 Å². The summed E-state index contributed by atoms with van der Waals surface area (Å²) in [5, 5.41) is 9.61. The largest absolute Gasteiger partial charge is 0.497 e.